The summed E-state index contributed by atoms with van der Waals surface area (Å²) in [6.07, 6.45) is 8.69. The van der Waals surface area contributed by atoms with Crippen molar-refractivity contribution in [2.75, 3.05) is 0 Å². The second kappa shape index (κ2) is 9.96. The maximum Gasteiger partial charge on any atom is 0.148 e. The molecule has 44 heavy (non-hydrogen) atoms. The second-order valence-electron chi connectivity index (χ2n) is 11.6. The smallest absolute Gasteiger partial charge is 0.148 e. The van der Waals surface area contributed by atoms with Crippen LogP contribution < -0.4 is 0 Å². The van der Waals surface area contributed by atoms with Gasteiger partial charge in [0.2, 0.25) is 0 Å². The number of allylic oxidation sites excluding steroid dienone is 4. The SMILES string of the molecule is C1=CCCC(n2c3ccccc3c3cc4c5ccccc5n(-c5cc(-c6ccccc6)cc(-c6ccccc6)c5)c4nc32)=C1. The summed E-state index contributed by atoms with van der Waals surface area (Å²) in [6, 6.07) is 48.1. The zero-order valence-corrected chi connectivity index (χ0v) is 24.2. The first-order chi connectivity index (χ1) is 21.8. The Kier molecular flexibility index (Phi) is 5.63. The van der Waals surface area contributed by atoms with Gasteiger partial charge in [-0.05, 0) is 77.6 Å². The summed E-state index contributed by atoms with van der Waals surface area (Å²) in [6.45, 7) is 0. The monoisotopic (exact) mass is 563 g/mol. The summed E-state index contributed by atoms with van der Waals surface area (Å²) < 4.78 is 4.74. The molecule has 0 radical (unpaired) electrons. The Morgan fingerprint density at radius 3 is 1.61 bits per heavy atom. The van der Waals surface area contributed by atoms with Gasteiger partial charge in [-0.25, -0.2) is 4.98 Å². The second-order valence-corrected chi connectivity index (χ2v) is 11.6. The van der Waals surface area contributed by atoms with Crippen molar-refractivity contribution >= 4 is 49.6 Å². The van der Waals surface area contributed by atoms with E-state index in [0.717, 1.165) is 35.3 Å². The first kappa shape index (κ1) is 24.9. The molecule has 3 aromatic heterocycles. The Bertz CT molecular complexity index is 2360. The van der Waals surface area contributed by atoms with Gasteiger partial charge in [-0.3, -0.25) is 9.13 Å². The quantitative estimate of drug-likeness (QED) is 0.209. The fourth-order valence-corrected chi connectivity index (χ4v) is 6.92. The Morgan fingerprint density at radius 1 is 0.477 bits per heavy atom. The Labute approximate surface area is 255 Å². The van der Waals surface area contributed by atoms with Crippen LogP contribution in [-0.2, 0) is 0 Å². The first-order valence-corrected chi connectivity index (χ1v) is 15.3. The third-order valence-corrected chi connectivity index (χ3v) is 8.95. The van der Waals surface area contributed by atoms with Gasteiger partial charge >= 0.3 is 0 Å². The number of para-hydroxylation sites is 2. The minimum Gasteiger partial charge on any atom is -0.298 e. The van der Waals surface area contributed by atoms with Crippen molar-refractivity contribution in [3.8, 4) is 27.9 Å². The summed E-state index contributed by atoms with van der Waals surface area (Å²) in [5, 5.41) is 4.80. The summed E-state index contributed by atoms with van der Waals surface area (Å²) >= 11 is 0. The molecule has 5 aromatic carbocycles. The third-order valence-electron chi connectivity index (χ3n) is 8.95. The highest BCUT2D eigenvalue weighted by Gasteiger charge is 2.21. The Hall–Kier alpha value is -5.67. The van der Waals surface area contributed by atoms with Gasteiger partial charge in [-0.15, -0.1) is 0 Å². The lowest BCUT2D eigenvalue weighted by molar-refractivity contribution is 0.971. The molecule has 0 unspecified atom stereocenters. The largest absolute Gasteiger partial charge is 0.298 e. The number of hydrogen-bond acceptors (Lipinski definition) is 1. The zero-order valence-electron chi connectivity index (χ0n) is 24.2. The fraction of sp³-hybridized carbons (Fsp3) is 0.0488. The van der Waals surface area contributed by atoms with Gasteiger partial charge in [0.25, 0.3) is 0 Å². The number of nitrogens with zero attached hydrogens (tertiary/aromatic N) is 3. The van der Waals surface area contributed by atoms with Gasteiger partial charge in [0, 0.05) is 32.9 Å². The molecule has 3 heteroatoms. The Balaban J connectivity index is 1.40. The lowest BCUT2D eigenvalue weighted by Gasteiger charge is -2.15. The van der Waals surface area contributed by atoms with Crippen molar-refractivity contribution in [3.63, 3.8) is 0 Å². The molecule has 0 atom stereocenters. The standard InChI is InChI=1S/C41H29N3/c1-4-14-28(15-5-1)30-24-31(29-16-6-2-7-17-29)26-33(25-30)44-39-23-13-11-21-35(39)37-27-36-34-20-10-12-22-38(34)43(40(36)42-41(37)44)32-18-8-3-9-19-32/h1-8,10-18,20-27H,9,19H2. The third kappa shape index (κ3) is 3.86. The van der Waals surface area contributed by atoms with Crippen molar-refractivity contribution in [2.24, 2.45) is 0 Å². The van der Waals surface area contributed by atoms with Crippen LogP contribution in [0.15, 0.2) is 152 Å². The predicted octanol–water partition coefficient (Wildman–Crippen LogP) is 10.8. The van der Waals surface area contributed by atoms with Crippen LogP contribution in [0.5, 0.6) is 0 Å². The van der Waals surface area contributed by atoms with E-state index in [1.54, 1.807) is 0 Å². The molecule has 1 aliphatic carbocycles. The van der Waals surface area contributed by atoms with Gasteiger partial charge in [-0.2, -0.15) is 0 Å². The number of rotatable bonds is 4. The molecule has 3 nitrogen and oxygen atoms in total. The fourth-order valence-electron chi connectivity index (χ4n) is 6.92. The average Bonchev–Trinajstić information content (AvgIpc) is 3.60. The predicted molar refractivity (Wildman–Crippen MR) is 185 cm³/mol. The molecule has 0 saturated heterocycles. The molecule has 1 aliphatic rings. The van der Waals surface area contributed by atoms with Gasteiger partial charge in [0.1, 0.15) is 11.3 Å². The van der Waals surface area contributed by atoms with Crippen LogP contribution in [0, 0.1) is 0 Å². The van der Waals surface area contributed by atoms with E-state index in [0.29, 0.717) is 0 Å². The molecule has 8 aromatic rings. The van der Waals surface area contributed by atoms with Gasteiger partial charge in [-0.1, -0.05) is 109 Å². The summed E-state index contributed by atoms with van der Waals surface area (Å²) in [7, 11) is 0. The van der Waals surface area contributed by atoms with Crippen molar-refractivity contribution in [1.82, 2.24) is 14.1 Å². The van der Waals surface area contributed by atoms with Crippen LogP contribution in [0.1, 0.15) is 12.8 Å². The lowest BCUT2D eigenvalue weighted by atomic mass is 9.98. The number of aromatic nitrogens is 3. The van der Waals surface area contributed by atoms with Crippen molar-refractivity contribution in [3.05, 3.63) is 152 Å². The van der Waals surface area contributed by atoms with Gasteiger partial charge < -0.3 is 0 Å². The molecule has 0 amide bonds. The van der Waals surface area contributed by atoms with E-state index < -0.39 is 0 Å². The summed E-state index contributed by atoms with van der Waals surface area (Å²) in [5.74, 6) is 0. The molecular formula is C41H29N3. The number of pyridine rings is 1. The number of hydrogen-bond donors (Lipinski definition) is 0. The zero-order chi connectivity index (χ0) is 29.0. The van der Waals surface area contributed by atoms with E-state index in [1.807, 2.05) is 0 Å². The van der Waals surface area contributed by atoms with E-state index in [-0.39, 0.29) is 0 Å². The minimum atomic E-state index is 0.971. The lowest BCUT2D eigenvalue weighted by Crippen LogP contribution is -2.01. The highest BCUT2D eigenvalue weighted by Crippen LogP contribution is 2.40. The van der Waals surface area contributed by atoms with E-state index in [1.165, 1.54) is 55.0 Å². The Morgan fingerprint density at radius 2 is 1.02 bits per heavy atom. The molecule has 0 saturated carbocycles. The summed E-state index contributed by atoms with van der Waals surface area (Å²) in [4.78, 5) is 5.57. The highest BCUT2D eigenvalue weighted by molar-refractivity contribution is 6.17. The summed E-state index contributed by atoms with van der Waals surface area (Å²) in [5.41, 5.74) is 11.5. The average molecular weight is 564 g/mol. The topological polar surface area (TPSA) is 22.8 Å². The normalized spacial score (nSPS) is 13.3. The van der Waals surface area contributed by atoms with Crippen LogP contribution in [0.2, 0.25) is 0 Å². The van der Waals surface area contributed by atoms with Crippen molar-refractivity contribution in [1.29, 1.82) is 0 Å². The first-order valence-electron chi connectivity index (χ1n) is 15.3. The molecule has 0 fully saturated rings. The molecule has 3 heterocycles. The van der Waals surface area contributed by atoms with Gasteiger partial charge in [0.05, 0.1) is 11.0 Å². The molecule has 0 N–H and O–H groups in total. The number of benzene rings is 5. The van der Waals surface area contributed by atoms with Crippen molar-refractivity contribution < 1.29 is 0 Å². The molecule has 0 aliphatic heterocycles. The maximum atomic E-state index is 5.57. The van der Waals surface area contributed by atoms with E-state index >= 15 is 0 Å². The van der Waals surface area contributed by atoms with Crippen LogP contribution in [-0.4, -0.2) is 14.1 Å². The van der Waals surface area contributed by atoms with Crippen LogP contribution in [0.4, 0.5) is 0 Å². The molecule has 0 bridgehead atoms. The molecule has 208 valence electrons. The number of fused-ring (bicyclic) bond motifs is 6. The highest BCUT2D eigenvalue weighted by atomic mass is 15.1. The van der Waals surface area contributed by atoms with E-state index in [2.05, 4.69) is 161 Å². The van der Waals surface area contributed by atoms with Gasteiger partial charge in [0.15, 0.2) is 0 Å². The van der Waals surface area contributed by atoms with Crippen LogP contribution in [0.3, 0.4) is 0 Å². The maximum absolute atomic E-state index is 5.57. The molecular weight excluding hydrogens is 534 g/mol. The molecule has 9 rings (SSSR count). The van der Waals surface area contributed by atoms with E-state index in [4.69, 9.17) is 4.98 Å². The van der Waals surface area contributed by atoms with E-state index in [9.17, 15) is 0 Å². The van der Waals surface area contributed by atoms with Crippen LogP contribution >= 0.6 is 0 Å². The minimum absolute atomic E-state index is 0.971. The van der Waals surface area contributed by atoms with Crippen molar-refractivity contribution in [2.45, 2.75) is 12.8 Å². The van der Waals surface area contributed by atoms with Crippen LogP contribution in [0.25, 0.3) is 77.5 Å². The molecule has 0 spiro atoms.